The molecule has 1 aliphatic rings. The zero-order valence-corrected chi connectivity index (χ0v) is 12.9. The molecule has 0 bridgehead atoms. The molecule has 0 heterocycles. The van der Waals surface area contributed by atoms with Gasteiger partial charge in [0.1, 0.15) is 0 Å². The predicted octanol–water partition coefficient (Wildman–Crippen LogP) is 6.96. The Labute approximate surface area is 121 Å². The Kier molecular flexibility index (Phi) is 12.1. The van der Waals surface area contributed by atoms with Gasteiger partial charge in [0.2, 0.25) is 0 Å². The largest absolute Gasteiger partial charge is 0.0845 e. The van der Waals surface area contributed by atoms with Crippen molar-refractivity contribution in [3.63, 3.8) is 0 Å². The average Bonchev–Trinajstić information content (AvgIpc) is 2.43. The molecule has 0 N–H and O–H groups in total. The summed E-state index contributed by atoms with van der Waals surface area (Å²) in [6.07, 6.45) is 30.5. The third-order valence-corrected chi connectivity index (χ3v) is 4.12. The van der Waals surface area contributed by atoms with Crippen LogP contribution in [0.25, 0.3) is 0 Å². The molecule has 0 saturated heterocycles. The summed E-state index contributed by atoms with van der Waals surface area (Å²) in [6, 6.07) is 0. The molecule has 110 valence electrons. The monoisotopic (exact) mass is 262 g/mol. The van der Waals surface area contributed by atoms with E-state index in [1.54, 1.807) is 0 Å². The lowest BCUT2D eigenvalue weighted by molar-refractivity contribution is 0.538. The van der Waals surface area contributed by atoms with Crippen LogP contribution in [0.1, 0.15) is 96.3 Å². The molecular formula is C19H34. The fourth-order valence-electron chi connectivity index (χ4n) is 2.82. The summed E-state index contributed by atoms with van der Waals surface area (Å²) in [7, 11) is 0. The van der Waals surface area contributed by atoms with Crippen LogP contribution in [-0.2, 0) is 0 Å². The normalized spacial score (nSPS) is 25.7. The van der Waals surface area contributed by atoms with Crippen LogP contribution < -0.4 is 0 Å². The second-order valence-corrected chi connectivity index (χ2v) is 6.03. The van der Waals surface area contributed by atoms with Gasteiger partial charge >= 0.3 is 0 Å². The van der Waals surface area contributed by atoms with Crippen molar-refractivity contribution >= 4 is 0 Å². The molecule has 1 rings (SSSR count). The minimum Gasteiger partial charge on any atom is -0.0845 e. The van der Waals surface area contributed by atoms with E-state index in [1.807, 2.05) is 0 Å². The lowest BCUT2D eigenvalue weighted by Crippen LogP contribution is -1.83. The Morgan fingerprint density at radius 3 is 0.895 bits per heavy atom. The summed E-state index contributed by atoms with van der Waals surface area (Å²) in [6.45, 7) is 0. The molecule has 0 saturated carbocycles. The third-order valence-electron chi connectivity index (χ3n) is 4.12. The number of hydrogen-bond donors (Lipinski definition) is 0. The fourth-order valence-corrected chi connectivity index (χ4v) is 2.82. The van der Waals surface area contributed by atoms with Crippen LogP contribution in [0.15, 0.2) is 24.3 Å². The van der Waals surface area contributed by atoms with Crippen molar-refractivity contribution in [2.75, 3.05) is 0 Å². The lowest BCUT2D eigenvalue weighted by Gasteiger charge is -2.02. The highest BCUT2D eigenvalue weighted by molar-refractivity contribution is 5.02. The quantitative estimate of drug-likeness (QED) is 0.442. The molecule has 0 aromatic carbocycles. The minimum absolute atomic E-state index is 1.27. The van der Waals surface area contributed by atoms with Gasteiger partial charge in [-0.2, -0.15) is 0 Å². The van der Waals surface area contributed by atoms with Gasteiger partial charge in [-0.1, -0.05) is 94.9 Å². The lowest BCUT2D eigenvalue weighted by atomic mass is 10.0. The van der Waals surface area contributed by atoms with E-state index in [0.717, 1.165) is 0 Å². The highest BCUT2D eigenvalue weighted by Crippen LogP contribution is 2.13. The summed E-state index contributed by atoms with van der Waals surface area (Å²) in [4.78, 5) is 0. The molecule has 0 aromatic heterocycles. The highest BCUT2D eigenvalue weighted by atomic mass is 14.0. The van der Waals surface area contributed by atoms with E-state index >= 15 is 0 Å². The summed E-state index contributed by atoms with van der Waals surface area (Å²) < 4.78 is 0. The van der Waals surface area contributed by atoms with Gasteiger partial charge < -0.3 is 0 Å². The maximum atomic E-state index is 2.34. The zero-order valence-electron chi connectivity index (χ0n) is 12.9. The Balaban J connectivity index is 2.12. The van der Waals surface area contributed by atoms with E-state index in [1.165, 1.54) is 96.3 Å². The zero-order chi connectivity index (χ0) is 13.4. The first-order chi connectivity index (χ1) is 9.50. The molecule has 0 fully saturated rings. The molecule has 0 nitrogen and oxygen atoms in total. The van der Waals surface area contributed by atoms with Gasteiger partial charge in [0.15, 0.2) is 0 Å². The molecular weight excluding hydrogens is 228 g/mol. The average molecular weight is 262 g/mol. The van der Waals surface area contributed by atoms with Crippen molar-refractivity contribution in [3.8, 4) is 0 Å². The predicted molar refractivity (Wildman–Crippen MR) is 87.5 cm³/mol. The maximum Gasteiger partial charge on any atom is -0.0348 e. The Hall–Kier alpha value is -0.520. The van der Waals surface area contributed by atoms with Gasteiger partial charge in [0.05, 0.1) is 0 Å². The molecule has 1 aliphatic carbocycles. The first-order valence-corrected chi connectivity index (χ1v) is 8.82. The molecule has 0 amide bonds. The standard InChI is InChI=1S/C19H34/c1-2-4-6-8-10-12-14-16-18-19-17-15-13-11-9-7-5-3-1/h1-4H,5-19H2/b3-1-,4-2-. The van der Waals surface area contributed by atoms with Gasteiger partial charge in [0.25, 0.3) is 0 Å². The first kappa shape index (κ1) is 16.5. The summed E-state index contributed by atoms with van der Waals surface area (Å²) in [5.41, 5.74) is 0. The van der Waals surface area contributed by atoms with Gasteiger partial charge in [-0.15, -0.1) is 0 Å². The van der Waals surface area contributed by atoms with E-state index in [2.05, 4.69) is 24.3 Å². The van der Waals surface area contributed by atoms with E-state index in [-0.39, 0.29) is 0 Å². The molecule has 0 aromatic rings. The van der Waals surface area contributed by atoms with Gasteiger partial charge in [-0.25, -0.2) is 0 Å². The molecule has 0 spiro atoms. The number of hydrogen-bond acceptors (Lipinski definition) is 0. The summed E-state index contributed by atoms with van der Waals surface area (Å²) >= 11 is 0. The van der Waals surface area contributed by atoms with Crippen molar-refractivity contribution in [1.82, 2.24) is 0 Å². The van der Waals surface area contributed by atoms with Crippen molar-refractivity contribution in [3.05, 3.63) is 24.3 Å². The van der Waals surface area contributed by atoms with Crippen LogP contribution in [0.2, 0.25) is 0 Å². The van der Waals surface area contributed by atoms with Crippen molar-refractivity contribution < 1.29 is 0 Å². The smallest absolute Gasteiger partial charge is 0.0348 e. The molecule has 19 heavy (non-hydrogen) atoms. The molecule has 0 aliphatic heterocycles. The molecule has 0 heteroatoms. The highest BCUT2D eigenvalue weighted by Gasteiger charge is 1.94. The number of rotatable bonds is 0. The van der Waals surface area contributed by atoms with Crippen LogP contribution in [0, 0.1) is 0 Å². The Morgan fingerprint density at radius 2 is 0.579 bits per heavy atom. The van der Waals surface area contributed by atoms with Gasteiger partial charge in [-0.05, 0) is 25.7 Å². The Morgan fingerprint density at radius 1 is 0.316 bits per heavy atom. The second-order valence-electron chi connectivity index (χ2n) is 6.03. The van der Waals surface area contributed by atoms with Crippen LogP contribution in [0.4, 0.5) is 0 Å². The first-order valence-electron chi connectivity index (χ1n) is 8.82. The molecule has 0 atom stereocenters. The van der Waals surface area contributed by atoms with Crippen LogP contribution in [-0.4, -0.2) is 0 Å². The SMILES string of the molecule is C1=C\CCCCCCCCCCCCCCC\C=C/1. The van der Waals surface area contributed by atoms with Crippen LogP contribution in [0.3, 0.4) is 0 Å². The van der Waals surface area contributed by atoms with Gasteiger partial charge in [-0.3, -0.25) is 0 Å². The third kappa shape index (κ3) is 12.3. The molecule has 0 unspecified atom stereocenters. The van der Waals surface area contributed by atoms with E-state index < -0.39 is 0 Å². The minimum atomic E-state index is 1.27. The van der Waals surface area contributed by atoms with E-state index in [4.69, 9.17) is 0 Å². The Bertz CT molecular complexity index is 200. The van der Waals surface area contributed by atoms with Crippen LogP contribution in [0.5, 0.6) is 0 Å². The van der Waals surface area contributed by atoms with E-state index in [0.29, 0.717) is 0 Å². The van der Waals surface area contributed by atoms with Crippen molar-refractivity contribution in [1.29, 1.82) is 0 Å². The summed E-state index contributed by atoms with van der Waals surface area (Å²) in [5.74, 6) is 0. The van der Waals surface area contributed by atoms with Crippen LogP contribution >= 0.6 is 0 Å². The van der Waals surface area contributed by atoms with Gasteiger partial charge in [0, 0.05) is 0 Å². The fraction of sp³-hybridized carbons (Fsp3) is 0.789. The van der Waals surface area contributed by atoms with Crippen molar-refractivity contribution in [2.45, 2.75) is 96.3 Å². The number of allylic oxidation sites excluding steroid dienone is 4. The summed E-state index contributed by atoms with van der Waals surface area (Å²) in [5, 5.41) is 0. The van der Waals surface area contributed by atoms with Crippen molar-refractivity contribution in [2.24, 2.45) is 0 Å². The topological polar surface area (TPSA) is 0 Å². The molecule has 0 radical (unpaired) electrons. The maximum absolute atomic E-state index is 2.34. The second kappa shape index (κ2) is 13.9. The van der Waals surface area contributed by atoms with E-state index in [9.17, 15) is 0 Å².